The van der Waals surface area contributed by atoms with Gasteiger partial charge in [-0.15, -0.1) is 0 Å². The summed E-state index contributed by atoms with van der Waals surface area (Å²) in [5, 5.41) is 12.6. The minimum Gasteiger partial charge on any atom is -0.394 e. The molecule has 5 atom stereocenters. The predicted octanol–water partition coefficient (Wildman–Crippen LogP) is -0.903. The standard InChI is InChI=1S/C10H17NO4/c1-6-11-10-5-15-8(2-12)9(10)14-4-7(10)3-13-6/h6-9,11-12H,2-5H2,1H3/t6-,7-,8-,9+,10-/m1/s1. The number of aliphatic hydroxyl groups is 1. The Balaban J connectivity index is 1.87. The highest BCUT2D eigenvalue weighted by atomic mass is 16.6. The third-order valence-corrected chi connectivity index (χ3v) is 3.79. The van der Waals surface area contributed by atoms with E-state index in [1.165, 1.54) is 0 Å². The van der Waals surface area contributed by atoms with Crippen molar-refractivity contribution in [2.75, 3.05) is 26.4 Å². The van der Waals surface area contributed by atoms with Crippen LogP contribution in [0.25, 0.3) is 0 Å². The van der Waals surface area contributed by atoms with Gasteiger partial charge in [-0.3, -0.25) is 5.32 Å². The molecule has 3 aliphatic heterocycles. The molecule has 3 aliphatic rings. The van der Waals surface area contributed by atoms with Crippen molar-refractivity contribution in [1.82, 2.24) is 5.32 Å². The molecule has 5 heteroatoms. The first-order chi connectivity index (χ1) is 7.26. The van der Waals surface area contributed by atoms with Crippen LogP contribution in [0.2, 0.25) is 0 Å². The van der Waals surface area contributed by atoms with Crippen LogP contribution in [-0.4, -0.2) is 55.5 Å². The van der Waals surface area contributed by atoms with Crippen LogP contribution in [0.3, 0.4) is 0 Å². The summed E-state index contributed by atoms with van der Waals surface area (Å²) >= 11 is 0. The third-order valence-electron chi connectivity index (χ3n) is 3.79. The minimum atomic E-state index is -0.187. The highest BCUT2D eigenvalue weighted by molar-refractivity contribution is 5.13. The van der Waals surface area contributed by atoms with E-state index in [1.54, 1.807) is 0 Å². The van der Waals surface area contributed by atoms with E-state index < -0.39 is 0 Å². The van der Waals surface area contributed by atoms with E-state index in [4.69, 9.17) is 14.2 Å². The van der Waals surface area contributed by atoms with Crippen LogP contribution < -0.4 is 5.32 Å². The fraction of sp³-hybridized carbons (Fsp3) is 1.00. The molecule has 0 radical (unpaired) electrons. The van der Waals surface area contributed by atoms with Gasteiger partial charge in [-0.05, 0) is 6.92 Å². The van der Waals surface area contributed by atoms with Crippen LogP contribution in [0.5, 0.6) is 0 Å². The zero-order valence-electron chi connectivity index (χ0n) is 8.81. The Morgan fingerprint density at radius 3 is 2.93 bits per heavy atom. The molecule has 0 bridgehead atoms. The molecule has 0 unspecified atom stereocenters. The van der Waals surface area contributed by atoms with Crippen LogP contribution in [0.4, 0.5) is 0 Å². The largest absolute Gasteiger partial charge is 0.394 e. The molecule has 3 fully saturated rings. The second kappa shape index (κ2) is 3.40. The molecule has 1 spiro atoms. The van der Waals surface area contributed by atoms with Crippen LogP contribution >= 0.6 is 0 Å². The molecule has 0 aromatic carbocycles. The first-order valence-electron chi connectivity index (χ1n) is 5.49. The Morgan fingerprint density at radius 1 is 1.33 bits per heavy atom. The van der Waals surface area contributed by atoms with Crippen molar-refractivity contribution in [1.29, 1.82) is 0 Å². The van der Waals surface area contributed by atoms with Gasteiger partial charge in [0.05, 0.1) is 32.0 Å². The summed E-state index contributed by atoms with van der Waals surface area (Å²) in [4.78, 5) is 0. The zero-order chi connectivity index (χ0) is 10.5. The van der Waals surface area contributed by atoms with Crippen LogP contribution in [-0.2, 0) is 14.2 Å². The van der Waals surface area contributed by atoms with E-state index in [1.807, 2.05) is 6.92 Å². The average Bonchev–Trinajstić information content (AvgIpc) is 2.72. The smallest absolute Gasteiger partial charge is 0.109 e. The lowest BCUT2D eigenvalue weighted by Gasteiger charge is -2.41. The van der Waals surface area contributed by atoms with Crippen LogP contribution in [0, 0.1) is 5.92 Å². The van der Waals surface area contributed by atoms with E-state index in [9.17, 15) is 5.11 Å². The monoisotopic (exact) mass is 215 g/mol. The van der Waals surface area contributed by atoms with Gasteiger partial charge in [0.25, 0.3) is 0 Å². The lowest BCUT2D eigenvalue weighted by molar-refractivity contribution is -0.0685. The van der Waals surface area contributed by atoms with E-state index in [-0.39, 0.29) is 30.6 Å². The number of nitrogens with one attached hydrogen (secondary N) is 1. The van der Waals surface area contributed by atoms with Gasteiger partial charge in [0.15, 0.2) is 0 Å². The normalized spacial score (nSPS) is 54.0. The number of rotatable bonds is 1. The SMILES string of the molecule is C[C@@H]1N[C@@]23CO[C@H](CO)[C@@H]2OC[C@H]3CO1. The molecule has 0 saturated carbocycles. The van der Waals surface area contributed by atoms with Gasteiger partial charge in [0, 0.05) is 5.92 Å². The highest BCUT2D eigenvalue weighted by Gasteiger charge is 2.61. The number of ether oxygens (including phenoxy) is 3. The van der Waals surface area contributed by atoms with Crippen molar-refractivity contribution in [2.24, 2.45) is 5.92 Å². The van der Waals surface area contributed by atoms with E-state index in [0.717, 1.165) is 0 Å². The molecule has 0 amide bonds. The topological polar surface area (TPSA) is 60.0 Å². The van der Waals surface area contributed by atoms with Crippen LogP contribution in [0.1, 0.15) is 6.92 Å². The molecule has 5 nitrogen and oxygen atoms in total. The summed E-state index contributed by atoms with van der Waals surface area (Å²) in [5.74, 6) is 0.343. The van der Waals surface area contributed by atoms with E-state index >= 15 is 0 Å². The van der Waals surface area contributed by atoms with Gasteiger partial charge in [0.2, 0.25) is 0 Å². The van der Waals surface area contributed by atoms with Gasteiger partial charge in [0.1, 0.15) is 18.4 Å². The molecule has 15 heavy (non-hydrogen) atoms. The van der Waals surface area contributed by atoms with Gasteiger partial charge in [-0.1, -0.05) is 0 Å². The Hall–Kier alpha value is -0.200. The Kier molecular flexibility index (Phi) is 2.26. The lowest BCUT2D eigenvalue weighted by atomic mass is 9.82. The molecule has 3 heterocycles. The fourth-order valence-electron chi connectivity index (χ4n) is 2.99. The highest BCUT2D eigenvalue weighted by Crippen LogP contribution is 2.42. The fourth-order valence-corrected chi connectivity index (χ4v) is 2.99. The van der Waals surface area contributed by atoms with Gasteiger partial charge < -0.3 is 19.3 Å². The molecule has 0 aliphatic carbocycles. The Bertz CT molecular complexity index is 262. The summed E-state index contributed by atoms with van der Waals surface area (Å²) in [6.45, 7) is 4.04. The van der Waals surface area contributed by atoms with Crippen molar-refractivity contribution in [3.8, 4) is 0 Å². The minimum absolute atomic E-state index is 0.0239. The van der Waals surface area contributed by atoms with Crippen molar-refractivity contribution in [2.45, 2.75) is 30.9 Å². The Morgan fingerprint density at radius 2 is 2.13 bits per heavy atom. The molecule has 3 rings (SSSR count). The number of aliphatic hydroxyl groups excluding tert-OH is 1. The molecule has 3 saturated heterocycles. The average molecular weight is 215 g/mol. The van der Waals surface area contributed by atoms with E-state index in [0.29, 0.717) is 25.7 Å². The van der Waals surface area contributed by atoms with Crippen molar-refractivity contribution in [3.05, 3.63) is 0 Å². The second-order valence-corrected chi connectivity index (χ2v) is 4.64. The summed E-state index contributed by atoms with van der Waals surface area (Å²) in [5.41, 5.74) is -0.134. The molecule has 0 aromatic heterocycles. The van der Waals surface area contributed by atoms with Crippen molar-refractivity contribution >= 4 is 0 Å². The molecular formula is C10H17NO4. The Labute approximate surface area is 88.7 Å². The first-order valence-corrected chi connectivity index (χ1v) is 5.49. The maximum Gasteiger partial charge on any atom is 0.109 e. The maximum absolute atomic E-state index is 9.20. The summed E-state index contributed by atoms with van der Waals surface area (Å²) in [6, 6.07) is 0. The number of hydrogen-bond donors (Lipinski definition) is 2. The first kappa shape index (κ1) is 9.99. The molecule has 2 N–H and O–H groups in total. The van der Waals surface area contributed by atoms with Gasteiger partial charge in [-0.2, -0.15) is 0 Å². The van der Waals surface area contributed by atoms with Crippen molar-refractivity contribution < 1.29 is 19.3 Å². The summed E-state index contributed by atoms with van der Waals surface area (Å²) < 4.78 is 16.9. The van der Waals surface area contributed by atoms with Gasteiger partial charge in [-0.25, -0.2) is 0 Å². The maximum atomic E-state index is 9.20. The predicted molar refractivity (Wildman–Crippen MR) is 51.3 cm³/mol. The van der Waals surface area contributed by atoms with Crippen molar-refractivity contribution in [3.63, 3.8) is 0 Å². The quantitative estimate of drug-likeness (QED) is 0.593. The summed E-state index contributed by atoms with van der Waals surface area (Å²) in [6.07, 6.45) is -0.182. The van der Waals surface area contributed by atoms with Crippen LogP contribution in [0.15, 0.2) is 0 Å². The van der Waals surface area contributed by atoms with E-state index in [2.05, 4.69) is 5.32 Å². The second-order valence-electron chi connectivity index (χ2n) is 4.64. The molecule has 0 aromatic rings. The zero-order valence-corrected chi connectivity index (χ0v) is 8.81. The lowest BCUT2D eigenvalue weighted by Crippen LogP contribution is -2.64. The molecule has 86 valence electrons. The number of hydrogen-bond acceptors (Lipinski definition) is 5. The third kappa shape index (κ3) is 1.28. The van der Waals surface area contributed by atoms with Gasteiger partial charge >= 0.3 is 0 Å². The molecular weight excluding hydrogens is 198 g/mol. The summed E-state index contributed by atoms with van der Waals surface area (Å²) in [7, 11) is 0.